The fourth-order valence-electron chi connectivity index (χ4n) is 3.88. The Hall–Kier alpha value is -2.62. The zero-order valence-electron chi connectivity index (χ0n) is 17.4. The zero-order valence-corrected chi connectivity index (χ0v) is 19.0. The number of thiazole rings is 1. The maximum absolute atomic E-state index is 13.0. The fraction of sp³-hybridized carbons (Fsp3) is 0.318. The highest BCUT2D eigenvalue weighted by atomic mass is 32.2. The van der Waals surface area contributed by atoms with Crippen molar-refractivity contribution in [1.29, 1.82) is 0 Å². The Bertz CT molecular complexity index is 1150. The number of nitrogens with zero attached hydrogens (tertiary/aromatic N) is 3. The first kappa shape index (κ1) is 21.6. The second kappa shape index (κ2) is 8.86. The normalized spacial score (nSPS) is 19.8. The monoisotopic (exact) mass is 456 g/mol. The Labute approximate surface area is 186 Å². The summed E-state index contributed by atoms with van der Waals surface area (Å²) >= 11 is 1.32. The van der Waals surface area contributed by atoms with E-state index in [1.54, 1.807) is 16.7 Å². The molecule has 0 radical (unpaired) electrons. The summed E-state index contributed by atoms with van der Waals surface area (Å²) in [5.74, 6) is 0.327. The Morgan fingerprint density at radius 3 is 2.48 bits per heavy atom. The van der Waals surface area contributed by atoms with Gasteiger partial charge in [0.2, 0.25) is 10.0 Å². The van der Waals surface area contributed by atoms with Gasteiger partial charge in [0.15, 0.2) is 5.13 Å². The SMILES string of the molecule is C[C@@H]1C[C@@H](C)CN(S(=O)(=O)c2ccc(C(=O)Nc3nc(-c4cccnc4)cs3)cc2)C1. The van der Waals surface area contributed by atoms with Gasteiger partial charge in [-0.05, 0) is 54.7 Å². The van der Waals surface area contributed by atoms with Gasteiger partial charge in [-0.15, -0.1) is 11.3 Å². The number of piperidine rings is 1. The number of sulfonamides is 1. The van der Waals surface area contributed by atoms with Gasteiger partial charge < -0.3 is 0 Å². The molecule has 2 atom stereocenters. The summed E-state index contributed by atoms with van der Waals surface area (Å²) in [6, 6.07) is 9.79. The fourth-order valence-corrected chi connectivity index (χ4v) is 6.27. The van der Waals surface area contributed by atoms with Crippen LogP contribution in [0.2, 0.25) is 0 Å². The van der Waals surface area contributed by atoms with Crippen molar-refractivity contribution in [2.45, 2.75) is 25.2 Å². The van der Waals surface area contributed by atoms with Crippen molar-refractivity contribution in [2.75, 3.05) is 18.4 Å². The number of amides is 1. The lowest BCUT2D eigenvalue weighted by atomic mass is 9.94. The molecule has 4 rings (SSSR count). The third-order valence-electron chi connectivity index (χ3n) is 5.27. The maximum Gasteiger partial charge on any atom is 0.257 e. The molecule has 0 spiro atoms. The summed E-state index contributed by atoms with van der Waals surface area (Å²) in [6.07, 6.45) is 4.43. The van der Waals surface area contributed by atoms with Gasteiger partial charge in [0.1, 0.15) is 0 Å². The van der Waals surface area contributed by atoms with E-state index in [1.165, 1.54) is 35.6 Å². The quantitative estimate of drug-likeness (QED) is 0.623. The summed E-state index contributed by atoms with van der Waals surface area (Å²) in [7, 11) is -3.57. The zero-order chi connectivity index (χ0) is 22.0. The van der Waals surface area contributed by atoms with Crippen molar-refractivity contribution in [3.63, 3.8) is 0 Å². The molecule has 0 bridgehead atoms. The first-order chi connectivity index (χ1) is 14.8. The van der Waals surface area contributed by atoms with E-state index in [1.807, 2.05) is 17.5 Å². The van der Waals surface area contributed by atoms with Crippen molar-refractivity contribution in [1.82, 2.24) is 14.3 Å². The van der Waals surface area contributed by atoms with E-state index >= 15 is 0 Å². The number of nitrogens with one attached hydrogen (secondary N) is 1. The standard InChI is InChI=1S/C22H24N4O3S2/c1-15-10-16(2)13-26(12-15)31(28,29)19-7-5-17(6-8-19)21(27)25-22-24-20(14-30-22)18-4-3-9-23-11-18/h3-9,11,14-16H,10,12-13H2,1-2H3,(H,24,25,27)/t15-,16-/m1/s1. The molecule has 9 heteroatoms. The molecule has 0 unspecified atom stereocenters. The van der Waals surface area contributed by atoms with Crippen molar-refractivity contribution in [3.8, 4) is 11.3 Å². The van der Waals surface area contributed by atoms with Crippen LogP contribution in [0.15, 0.2) is 59.1 Å². The number of benzene rings is 1. The minimum atomic E-state index is -3.57. The predicted octanol–water partition coefficient (Wildman–Crippen LogP) is 4.12. The van der Waals surface area contributed by atoms with Crippen molar-refractivity contribution < 1.29 is 13.2 Å². The molecule has 0 saturated carbocycles. The summed E-state index contributed by atoms with van der Waals surface area (Å²) in [4.78, 5) is 21.3. The maximum atomic E-state index is 13.0. The first-order valence-electron chi connectivity index (χ1n) is 10.1. The molecule has 1 N–H and O–H groups in total. The molecule has 1 saturated heterocycles. The van der Waals surface area contributed by atoms with Gasteiger partial charge in [-0.3, -0.25) is 15.1 Å². The molecule has 162 valence electrons. The topological polar surface area (TPSA) is 92.3 Å². The molecular formula is C22H24N4O3S2. The first-order valence-corrected chi connectivity index (χ1v) is 12.4. The van der Waals surface area contributed by atoms with Crippen LogP contribution in [0.25, 0.3) is 11.3 Å². The third kappa shape index (κ3) is 4.84. The highest BCUT2D eigenvalue weighted by molar-refractivity contribution is 7.89. The smallest absolute Gasteiger partial charge is 0.257 e. The van der Waals surface area contributed by atoms with Crippen molar-refractivity contribution >= 4 is 32.4 Å². The van der Waals surface area contributed by atoms with E-state index in [-0.39, 0.29) is 10.8 Å². The third-order valence-corrected chi connectivity index (χ3v) is 7.88. The van der Waals surface area contributed by atoms with Gasteiger partial charge >= 0.3 is 0 Å². The van der Waals surface area contributed by atoms with Crippen LogP contribution in [0.1, 0.15) is 30.6 Å². The van der Waals surface area contributed by atoms with Gasteiger partial charge in [0.25, 0.3) is 5.91 Å². The number of anilines is 1. The van der Waals surface area contributed by atoms with Gasteiger partial charge in [0, 0.05) is 42.0 Å². The van der Waals surface area contributed by atoms with Crippen LogP contribution in [0, 0.1) is 11.8 Å². The number of carbonyl (C=O) groups is 1. The van der Waals surface area contributed by atoms with E-state index in [0.29, 0.717) is 35.6 Å². The highest BCUT2D eigenvalue weighted by Crippen LogP contribution is 2.27. The number of carbonyl (C=O) groups excluding carboxylic acids is 1. The summed E-state index contributed by atoms with van der Waals surface area (Å²) in [6.45, 7) is 5.20. The molecule has 1 fully saturated rings. The molecule has 1 aliphatic heterocycles. The van der Waals surface area contributed by atoms with Gasteiger partial charge in [-0.2, -0.15) is 4.31 Å². The Balaban J connectivity index is 1.45. The van der Waals surface area contributed by atoms with Crippen molar-refractivity contribution in [2.24, 2.45) is 11.8 Å². The van der Waals surface area contributed by atoms with E-state index in [4.69, 9.17) is 0 Å². The second-order valence-electron chi connectivity index (χ2n) is 8.03. The second-order valence-corrected chi connectivity index (χ2v) is 10.8. The number of hydrogen-bond donors (Lipinski definition) is 1. The molecule has 31 heavy (non-hydrogen) atoms. The lowest BCUT2D eigenvalue weighted by molar-refractivity contribution is 0.102. The summed E-state index contributed by atoms with van der Waals surface area (Å²) in [5.41, 5.74) is 1.98. The van der Waals surface area contributed by atoms with Gasteiger partial charge in [-0.25, -0.2) is 13.4 Å². The lowest BCUT2D eigenvalue weighted by Crippen LogP contribution is -2.42. The Kier molecular flexibility index (Phi) is 6.17. The molecule has 1 aromatic carbocycles. The Morgan fingerprint density at radius 2 is 1.84 bits per heavy atom. The van der Waals surface area contributed by atoms with Gasteiger partial charge in [0.05, 0.1) is 10.6 Å². The summed E-state index contributed by atoms with van der Waals surface area (Å²) < 4.78 is 27.6. The van der Waals surface area contributed by atoms with Crippen molar-refractivity contribution in [3.05, 3.63) is 59.7 Å². The van der Waals surface area contributed by atoms with Crippen LogP contribution in [0.5, 0.6) is 0 Å². The molecule has 1 aliphatic rings. The van der Waals surface area contributed by atoms with Crippen LogP contribution < -0.4 is 5.32 Å². The van der Waals surface area contributed by atoms with Crippen LogP contribution in [0.3, 0.4) is 0 Å². The molecule has 1 amide bonds. The van der Waals surface area contributed by atoms with E-state index in [0.717, 1.165) is 17.7 Å². The number of aromatic nitrogens is 2. The number of hydrogen-bond acceptors (Lipinski definition) is 6. The molecule has 2 aromatic heterocycles. The number of pyridine rings is 1. The van der Waals surface area contributed by atoms with E-state index in [2.05, 4.69) is 29.1 Å². The molecule has 7 nitrogen and oxygen atoms in total. The minimum absolute atomic E-state index is 0.207. The Morgan fingerprint density at radius 1 is 1.13 bits per heavy atom. The average molecular weight is 457 g/mol. The molecule has 3 heterocycles. The van der Waals surface area contributed by atoms with E-state index in [9.17, 15) is 13.2 Å². The van der Waals surface area contributed by atoms with Crippen LogP contribution in [0.4, 0.5) is 5.13 Å². The van der Waals surface area contributed by atoms with Crippen LogP contribution in [-0.2, 0) is 10.0 Å². The average Bonchev–Trinajstić information content (AvgIpc) is 3.22. The van der Waals surface area contributed by atoms with Crippen LogP contribution in [-0.4, -0.2) is 41.7 Å². The summed E-state index contributed by atoms with van der Waals surface area (Å²) in [5, 5.41) is 5.09. The molecule has 3 aromatic rings. The molecule has 0 aliphatic carbocycles. The van der Waals surface area contributed by atoms with Crippen LogP contribution >= 0.6 is 11.3 Å². The highest BCUT2D eigenvalue weighted by Gasteiger charge is 2.31. The number of rotatable bonds is 5. The van der Waals surface area contributed by atoms with E-state index < -0.39 is 10.0 Å². The molecular weight excluding hydrogens is 432 g/mol. The van der Waals surface area contributed by atoms with Gasteiger partial charge in [-0.1, -0.05) is 13.8 Å². The lowest BCUT2D eigenvalue weighted by Gasteiger charge is -2.34. The largest absolute Gasteiger partial charge is 0.298 e. The minimum Gasteiger partial charge on any atom is -0.298 e. The predicted molar refractivity (Wildman–Crippen MR) is 121 cm³/mol.